The number of alkyl halides is 1. The molecule has 0 saturated carbocycles. The summed E-state index contributed by atoms with van der Waals surface area (Å²) in [6.45, 7) is 6.81. The molecule has 0 radical (unpaired) electrons. The number of hydrazine groups is 2. The normalized spacial score (nSPS) is 14.8. The average molecular weight is 335 g/mol. The third-order valence-electron chi connectivity index (χ3n) is 1.54. The first-order valence-electron chi connectivity index (χ1n) is 4.22. The van der Waals surface area contributed by atoms with Gasteiger partial charge in [-0.25, -0.2) is 16.5 Å². The molecule has 0 aliphatic heterocycles. The van der Waals surface area contributed by atoms with Gasteiger partial charge in [-0.05, 0) is 41.3 Å². The summed E-state index contributed by atoms with van der Waals surface area (Å²) >= 11 is 2.05. The van der Waals surface area contributed by atoms with Crippen molar-refractivity contribution in [3.63, 3.8) is 0 Å². The Morgan fingerprint density at radius 3 is 1.80 bits per heavy atom. The standard InChI is InChI=1S/C6H20IN6O2/c1-5(2,7)15-13(10,11)6(3,4)14-12(8)9/h8-11H2,1-4H3/q+1. The molecule has 8 N–H and O–H groups in total. The van der Waals surface area contributed by atoms with Crippen molar-refractivity contribution in [2.75, 3.05) is 0 Å². The summed E-state index contributed by atoms with van der Waals surface area (Å²) < 4.78 is -0.560. The quantitative estimate of drug-likeness (QED) is 0.132. The molecular formula is C6H20IN6O2+. The zero-order valence-electron chi connectivity index (χ0n) is 9.40. The second-order valence-corrected chi connectivity index (χ2v) is 6.66. The highest BCUT2D eigenvalue weighted by atomic mass is 127. The molecule has 0 amide bonds. The van der Waals surface area contributed by atoms with Gasteiger partial charge in [-0.1, -0.05) is 5.28 Å². The molecule has 0 aliphatic carbocycles. The molecule has 0 aliphatic rings. The molecule has 15 heavy (non-hydrogen) atoms. The summed E-state index contributed by atoms with van der Waals surface area (Å²) in [6.07, 6.45) is 0. The summed E-state index contributed by atoms with van der Waals surface area (Å²) in [7, 11) is 0. The van der Waals surface area contributed by atoms with E-state index in [0.29, 0.717) is 5.28 Å². The van der Waals surface area contributed by atoms with Crippen molar-refractivity contribution in [1.29, 1.82) is 0 Å². The van der Waals surface area contributed by atoms with Crippen molar-refractivity contribution in [3.8, 4) is 0 Å². The molecule has 0 bridgehead atoms. The van der Waals surface area contributed by atoms with E-state index in [4.69, 9.17) is 33.0 Å². The van der Waals surface area contributed by atoms with Crippen molar-refractivity contribution in [1.82, 2.24) is 5.28 Å². The highest BCUT2D eigenvalue weighted by Crippen LogP contribution is 2.26. The van der Waals surface area contributed by atoms with E-state index in [1.54, 1.807) is 27.7 Å². The molecule has 0 aromatic carbocycles. The number of nitrogens with two attached hydrogens (primary N) is 4. The number of rotatable bonds is 5. The van der Waals surface area contributed by atoms with Gasteiger partial charge in [-0.3, -0.25) is 0 Å². The van der Waals surface area contributed by atoms with Crippen LogP contribution in [0.4, 0.5) is 0 Å². The Hall–Kier alpha value is 0.410. The Balaban J connectivity index is 4.69. The van der Waals surface area contributed by atoms with Crippen LogP contribution in [0.2, 0.25) is 0 Å². The van der Waals surface area contributed by atoms with Crippen molar-refractivity contribution in [3.05, 3.63) is 0 Å². The van der Waals surface area contributed by atoms with Crippen molar-refractivity contribution in [2.24, 2.45) is 23.4 Å². The first-order valence-corrected chi connectivity index (χ1v) is 5.30. The zero-order chi connectivity index (χ0) is 12.5. The Morgan fingerprint density at radius 2 is 1.53 bits per heavy atom. The summed E-state index contributed by atoms with van der Waals surface area (Å²) in [6, 6.07) is 0. The van der Waals surface area contributed by atoms with Gasteiger partial charge in [0, 0.05) is 13.8 Å². The van der Waals surface area contributed by atoms with E-state index in [9.17, 15) is 0 Å². The minimum atomic E-state index is -1.13. The molecule has 0 heterocycles. The van der Waals surface area contributed by atoms with E-state index < -0.39 is 14.2 Å². The summed E-state index contributed by atoms with van der Waals surface area (Å²) in [5.74, 6) is 21.8. The second kappa shape index (κ2) is 4.73. The first-order chi connectivity index (χ1) is 6.37. The summed E-state index contributed by atoms with van der Waals surface area (Å²) in [5.41, 5.74) is -1.13. The van der Waals surface area contributed by atoms with Crippen LogP contribution < -0.4 is 23.4 Å². The molecule has 8 nitrogen and oxygen atoms in total. The van der Waals surface area contributed by atoms with Gasteiger partial charge >= 0.3 is 0 Å². The molecule has 0 unspecified atom stereocenters. The van der Waals surface area contributed by atoms with Gasteiger partial charge in [0.15, 0.2) is 3.61 Å². The Morgan fingerprint density at radius 1 is 1.13 bits per heavy atom. The number of quaternary nitrogens is 1. The second-order valence-electron chi connectivity index (χ2n) is 4.06. The minimum absolute atomic E-state index is 0.538. The fraction of sp³-hybridized carbons (Fsp3) is 1.00. The molecular weight excluding hydrogens is 315 g/mol. The lowest BCUT2D eigenvalue weighted by molar-refractivity contribution is -1.18. The minimum Gasteiger partial charge on any atom is -0.230 e. The van der Waals surface area contributed by atoms with Gasteiger partial charge in [-0.15, -0.1) is 16.5 Å². The maximum absolute atomic E-state index is 5.75. The van der Waals surface area contributed by atoms with E-state index in [2.05, 4.69) is 0 Å². The van der Waals surface area contributed by atoms with Gasteiger partial charge in [0.05, 0.1) is 0 Å². The molecule has 0 atom stereocenters. The van der Waals surface area contributed by atoms with E-state index in [-0.39, 0.29) is 0 Å². The van der Waals surface area contributed by atoms with Crippen LogP contribution in [-0.2, 0) is 9.68 Å². The van der Waals surface area contributed by atoms with Crippen LogP contribution in [0, 0.1) is 0 Å². The SMILES string of the molecule is CC(C)(I)O[N+](N)(N)C(C)(C)ON(N)N. The fourth-order valence-corrected chi connectivity index (χ4v) is 1.12. The van der Waals surface area contributed by atoms with Crippen molar-refractivity contribution < 1.29 is 14.5 Å². The maximum Gasteiger partial charge on any atom is 0.284 e. The van der Waals surface area contributed by atoms with Crippen LogP contribution in [-0.4, -0.2) is 19.5 Å². The highest BCUT2D eigenvalue weighted by molar-refractivity contribution is 14.1. The maximum atomic E-state index is 5.75. The number of halogens is 1. The lowest BCUT2D eigenvalue weighted by Gasteiger charge is -2.40. The Kier molecular flexibility index (Phi) is 4.86. The van der Waals surface area contributed by atoms with E-state index in [1.807, 2.05) is 22.6 Å². The van der Waals surface area contributed by atoms with Crippen LogP contribution in [0.15, 0.2) is 0 Å². The Labute approximate surface area is 103 Å². The van der Waals surface area contributed by atoms with Gasteiger partial charge < -0.3 is 0 Å². The fourth-order valence-electron chi connectivity index (χ4n) is 0.791. The predicted octanol–water partition coefficient (Wildman–Crippen LogP) is -0.630. The van der Waals surface area contributed by atoms with Crippen LogP contribution in [0.3, 0.4) is 0 Å². The van der Waals surface area contributed by atoms with Crippen molar-refractivity contribution in [2.45, 2.75) is 37.0 Å². The van der Waals surface area contributed by atoms with Gasteiger partial charge in [-0.2, -0.15) is 0 Å². The molecule has 9 heteroatoms. The number of hydrogen-bond donors (Lipinski definition) is 4. The van der Waals surface area contributed by atoms with Crippen LogP contribution in [0.25, 0.3) is 0 Å². The third-order valence-corrected chi connectivity index (χ3v) is 1.74. The molecule has 0 rings (SSSR count). The lowest BCUT2D eigenvalue weighted by atomic mass is 10.3. The molecule has 92 valence electrons. The van der Waals surface area contributed by atoms with Crippen LogP contribution >= 0.6 is 22.6 Å². The molecule has 0 spiro atoms. The summed E-state index contributed by atoms with van der Waals surface area (Å²) in [5, 5.41) is 0.538. The number of nitrogens with zero attached hydrogens (tertiary/aromatic N) is 2. The van der Waals surface area contributed by atoms with Gasteiger partial charge in [0.1, 0.15) is 0 Å². The third kappa shape index (κ3) is 5.33. The molecule has 0 fully saturated rings. The number of hydroxylamine groups is 1. The molecule has 0 aromatic rings. The largest absolute Gasteiger partial charge is 0.284 e. The summed E-state index contributed by atoms with van der Waals surface area (Å²) in [4.78, 5) is 9.61. The monoisotopic (exact) mass is 335 g/mol. The van der Waals surface area contributed by atoms with E-state index in [0.717, 1.165) is 0 Å². The van der Waals surface area contributed by atoms with Crippen molar-refractivity contribution >= 4 is 22.6 Å². The first kappa shape index (κ1) is 15.4. The molecule has 0 aromatic heterocycles. The lowest BCUT2D eigenvalue weighted by Crippen LogP contribution is -2.74. The van der Waals surface area contributed by atoms with Gasteiger partial charge in [0.25, 0.3) is 5.72 Å². The zero-order valence-corrected chi connectivity index (χ0v) is 11.6. The van der Waals surface area contributed by atoms with E-state index in [1.165, 1.54) is 0 Å². The predicted molar refractivity (Wildman–Crippen MR) is 63.2 cm³/mol. The topological polar surface area (TPSA) is 126 Å². The number of hydrogen-bond acceptors (Lipinski definition) is 7. The smallest absolute Gasteiger partial charge is 0.230 e. The highest BCUT2D eigenvalue weighted by Gasteiger charge is 2.48. The molecule has 0 saturated heterocycles. The average Bonchev–Trinajstić information content (AvgIpc) is 1.75. The van der Waals surface area contributed by atoms with Crippen LogP contribution in [0.1, 0.15) is 27.7 Å². The van der Waals surface area contributed by atoms with E-state index >= 15 is 0 Å². The van der Waals surface area contributed by atoms with Crippen LogP contribution in [0.5, 0.6) is 0 Å². The Bertz CT molecular complexity index is 214. The van der Waals surface area contributed by atoms with Gasteiger partial charge in [0.2, 0.25) is 0 Å².